The monoisotopic (exact) mass is 296 g/mol. The molecule has 110 valence electrons. The Morgan fingerprint density at radius 1 is 1.09 bits per heavy atom. The van der Waals surface area contributed by atoms with E-state index in [1.54, 1.807) is 18.2 Å². The minimum Gasteiger partial charge on any atom is -0.507 e. The first-order valence-electron chi connectivity index (χ1n) is 6.45. The van der Waals surface area contributed by atoms with Gasteiger partial charge in [-0.2, -0.15) is 0 Å². The maximum Gasteiger partial charge on any atom is 0.197 e. The van der Waals surface area contributed by atoms with E-state index in [0.717, 1.165) is 0 Å². The fraction of sp³-hybridized carbons (Fsp3) is 0.118. The molecule has 2 aromatic carbocycles. The molecule has 0 aliphatic rings. The molecule has 0 spiro atoms. The van der Waals surface area contributed by atoms with Gasteiger partial charge in [0.2, 0.25) is 0 Å². The van der Waals surface area contributed by atoms with Crippen LogP contribution in [-0.2, 0) is 0 Å². The standard InChI is InChI=1S/C17H12O5/c1-20-11-5-3-10(4-6-11)15-9-14(19)17-13(18)7-12(21-2)8-16(17)22-15/h3,5,7-9,18H,1-2H3. The van der Waals surface area contributed by atoms with Gasteiger partial charge in [-0.15, -0.1) is 0 Å². The van der Waals surface area contributed by atoms with Gasteiger partial charge < -0.3 is 19.0 Å². The van der Waals surface area contributed by atoms with Crippen LogP contribution in [0.25, 0.3) is 22.3 Å². The van der Waals surface area contributed by atoms with Crippen molar-refractivity contribution in [2.75, 3.05) is 14.2 Å². The summed E-state index contributed by atoms with van der Waals surface area (Å²) in [5.74, 6) is 1.07. The van der Waals surface area contributed by atoms with E-state index >= 15 is 0 Å². The lowest BCUT2D eigenvalue weighted by atomic mass is 10.1. The molecule has 0 bridgehead atoms. The summed E-state index contributed by atoms with van der Waals surface area (Å²) in [7, 11) is 3.00. The number of aromatic hydroxyl groups is 1. The second-order valence-electron chi connectivity index (χ2n) is 4.56. The van der Waals surface area contributed by atoms with Crippen LogP contribution in [0.2, 0.25) is 0 Å². The lowest BCUT2D eigenvalue weighted by Gasteiger charge is -2.06. The molecule has 5 nitrogen and oxygen atoms in total. The Balaban J connectivity index is 2.20. The highest BCUT2D eigenvalue weighted by Crippen LogP contribution is 2.30. The van der Waals surface area contributed by atoms with Crippen molar-refractivity contribution in [3.05, 3.63) is 52.7 Å². The molecule has 0 saturated heterocycles. The third-order valence-corrected chi connectivity index (χ3v) is 3.23. The Morgan fingerprint density at radius 3 is 2.55 bits per heavy atom. The van der Waals surface area contributed by atoms with Crippen LogP contribution in [0.1, 0.15) is 0 Å². The van der Waals surface area contributed by atoms with Gasteiger partial charge in [-0.3, -0.25) is 4.79 Å². The predicted molar refractivity (Wildman–Crippen MR) is 80.4 cm³/mol. The molecule has 22 heavy (non-hydrogen) atoms. The van der Waals surface area contributed by atoms with E-state index in [0.29, 0.717) is 22.8 Å². The SMILES string of the molecule is COc1c#cc(-c2cc(=O)c3c(O)cc(OC)cc3o2)cc1. The predicted octanol–water partition coefficient (Wildman–Crippen LogP) is 2.78. The van der Waals surface area contributed by atoms with Gasteiger partial charge in [-0.05, 0) is 18.2 Å². The number of hydrogen-bond acceptors (Lipinski definition) is 5. The summed E-state index contributed by atoms with van der Waals surface area (Å²) in [5, 5.41) is 10.0. The summed E-state index contributed by atoms with van der Waals surface area (Å²) in [6.07, 6.45) is 0. The van der Waals surface area contributed by atoms with Crippen molar-refractivity contribution in [1.82, 2.24) is 0 Å². The molecule has 0 atom stereocenters. The average molecular weight is 296 g/mol. The van der Waals surface area contributed by atoms with Crippen molar-refractivity contribution >= 4 is 11.0 Å². The van der Waals surface area contributed by atoms with Crippen molar-refractivity contribution in [3.63, 3.8) is 0 Å². The third-order valence-electron chi connectivity index (χ3n) is 3.23. The fourth-order valence-electron chi connectivity index (χ4n) is 2.13. The Labute approximate surface area is 126 Å². The molecule has 3 aromatic rings. The van der Waals surface area contributed by atoms with Crippen LogP contribution in [0.15, 0.2) is 39.5 Å². The molecule has 5 heteroatoms. The average Bonchev–Trinajstić information content (AvgIpc) is 2.54. The zero-order valence-corrected chi connectivity index (χ0v) is 12.0. The van der Waals surface area contributed by atoms with Crippen molar-refractivity contribution in [2.24, 2.45) is 0 Å². The molecular formula is C17H12O5. The Bertz CT molecular complexity index is 878. The largest absolute Gasteiger partial charge is 0.507 e. The highest BCUT2D eigenvalue weighted by molar-refractivity contribution is 5.86. The minimum absolute atomic E-state index is 0.113. The second kappa shape index (κ2) is 5.34. The van der Waals surface area contributed by atoms with E-state index in [9.17, 15) is 9.90 Å². The molecule has 0 aliphatic carbocycles. The molecule has 0 fully saturated rings. The zero-order chi connectivity index (χ0) is 15.7. The first-order chi connectivity index (χ1) is 10.6. The minimum atomic E-state index is -0.347. The van der Waals surface area contributed by atoms with Crippen LogP contribution in [0.5, 0.6) is 17.2 Å². The maximum atomic E-state index is 12.2. The van der Waals surface area contributed by atoms with Gasteiger partial charge in [-0.25, -0.2) is 0 Å². The first kappa shape index (κ1) is 13.8. The number of ether oxygens (including phenoxy) is 2. The van der Waals surface area contributed by atoms with E-state index in [1.165, 1.54) is 26.4 Å². The number of methoxy groups -OCH3 is 2. The normalized spacial score (nSPS) is 10.3. The van der Waals surface area contributed by atoms with Crippen LogP contribution >= 0.6 is 0 Å². The summed E-state index contributed by atoms with van der Waals surface area (Å²) in [6, 6.07) is 13.3. The Kier molecular flexibility index (Phi) is 3.36. The van der Waals surface area contributed by atoms with Crippen LogP contribution in [0.4, 0.5) is 0 Å². The zero-order valence-electron chi connectivity index (χ0n) is 12.0. The number of benzene rings is 1. The number of phenolic OH excluding ortho intramolecular Hbond substituents is 1. The van der Waals surface area contributed by atoms with Gasteiger partial charge in [0.1, 0.15) is 28.2 Å². The topological polar surface area (TPSA) is 68.9 Å². The van der Waals surface area contributed by atoms with E-state index < -0.39 is 0 Å². The lowest BCUT2D eigenvalue weighted by molar-refractivity contribution is 0.408. The van der Waals surface area contributed by atoms with E-state index in [4.69, 9.17) is 13.9 Å². The summed E-state index contributed by atoms with van der Waals surface area (Å²) >= 11 is 0. The molecule has 3 rings (SSSR count). The highest BCUT2D eigenvalue weighted by Gasteiger charge is 2.12. The van der Waals surface area contributed by atoms with Gasteiger partial charge >= 0.3 is 0 Å². The van der Waals surface area contributed by atoms with Crippen LogP contribution in [-0.4, -0.2) is 19.3 Å². The lowest BCUT2D eigenvalue weighted by Crippen LogP contribution is -2.01. The molecule has 0 unspecified atom stereocenters. The Hall–Kier alpha value is -3.13. The quantitative estimate of drug-likeness (QED) is 0.805. The van der Waals surface area contributed by atoms with Gasteiger partial charge in [0.05, 0.1) is 19.8 Å². The van der Waals surface area contributed by atoms with Crippen LogP contribution in [0, 0.1) is 12.1 Å². The van der Waals surface area contributed by atoms with Crippen molar-refractivity contribution in [1.29, 1.82) is 0 Å². The van der Waals surface area contributed by atoms with Gasteiger partial charge in [0, 0.05) is 18.2 Å². The fourth-order valence-corrected chi connectivity index (χ4v) is 2.13. The molecule has 1 heterocycles. The molecule has 0 saturated carbocycles. The maximum absolute atomic E-state index is 12.2. The van der Waals surface area contributed by atoms with Gasteiger partial charge in [0.15, 0.2) is 11.2 Å². The molecule has 0 aliphatic heterocycles. The van der Waals surface area contributed by atoms with Gasteiger partial charge in [-0.1, -0.05) is 6.07 Å². The van der Waals surface area contributed by atoms with Gasteiger partial charge in [0.25, 0.3) is 0 Å². The summed E-state index contributed by atoms with van der Waals surface area (Å²) in [4.78, 5) is 12.2. The molecule has 1 aromatic heterocycles. The summed E-state index contributed by atoms with van der Waals surface area (Å²) in [6.45, 7) is 0. The smallest absolute Gasteiger partial charge is 0.197 e. The second-order valence-corrected chi connectivity index (χ2v) is 4.56. The molecule has 0 radical (unpaired) electrons. The third kappa shape index (κ3) is 2.31. The molecule has 0 amide bonds. The van der Waals surface area contributed by atoms with E-state index in [-0.39, 0.29) is 22.1 Å². The number of hydrogen-bond donors (Lipinski definition) is 1. The molecular weight excluding hydrogens is 284 g/mol. The van der Waals surface area contributed by atoms with Crippen molar-refractivity contribution in [2.45, 2.75) is 0 Å². The number of rotatable bonds is 3. The Morgan fingerprint density at radius 2 is 1.91 bits per heavy atom. The summed E-state index contributed by atoms with van der Waals surface area (Å²) < 4.78 is 15.8. The highest BCUT2D eigenvalue weighted by atomic mass is 16.5. The van der Waals surface area contributed by atoms with Crippen LogP contribution in [0.3, 0.4) is 0 Å². The van der Waals surface area contributed by atoms with Crippen LogP contribution < -0.4 is 14.9 Å². The van der Waals surface area contributed by atoms with Crippen molar-refractivity contribution in [3.8, 4) is 28.6 Å². The first-order valence-corrected chi connectivity index (χ1v) is 6.45. The van der Waals surface area contributed by atoms with E-state index in [1.807, 2.05) is 0 Å². The molecule has 1 N–H and O–H groups in total. The van der Waals surface area contributed by atoms with E-state index in [2.05, 4.69) is 12.1 Å². The number of phenols is 1. The number of fused-ring (bicyclic) bond motifs is 1. The summed E-state index contributed by atoms with van der Waals surface area (Å²) in [5.41, 5.74) is 0.450. The van der Waals surface area contributed by atoms with Crippen molar-refractivity contribution < 1.29 is 19.0 Å².